The third-order valence-corrected chi connectivity index (χ3v) is 3.24. The van der Waals surface area contributed by atoms with Gasteiger partial charge < -0.3 is 5.32 Å². The first-order chi connectivity index (χ1) is 8.61. The van der Waals surface area contributed by atoms with E-state index in [4.69, 9.17) is 18.0 Å². The van der Waals surface area contributed by atoms with E-state index >= 15 is 0 Å². The lowest BCUT2D eigenvalue weighted by atomic mass is 10.2. The third-order valence-electron chi connectivity index (χ3n) is 2.77. The van der Waals surface area contributed by atoms with Crippen LogP contribution in [0.5, 0.6) is 0 Å². The number of hydrogen-bond donors (Lipinski definition) is 1. The molecule has 0 aliphatic heterocycles. The molecule has 2 aromatic rings. The van der Waals surface area contributed by atoms with E-state index < -0.39 is 0 Å². The average Bonchev–Trinajstić information content (AvgIpc) is 2.61. The van der Waals surface area contributed by atoms with Gasteiger partial charge in [-0.1, -0.05) is 23.6 Å². The molecular formula is C14H14ClN3. The van der Waals surface area contributed by atoms with Crippen molar-refractivity contribution in [3.63, 3.8) is 0 Å². The first-order valence-corrected chi connectivity index (χ1v) is 5.98. The number of aryl methyl sites for hydroxylation is 2. The highest BCUT2D eigenvalue weighted by Crippen LogP contribution is 2.20. The highest BCUT2D eigenvalue weighted by atomic mass is 35.5. The monoisotopic (exact) mass is 259 g/mol. The van der Waals surface area contributed by atoms with Crippen molar-refractivity contribution in [2.24, 2.45) is 7.05 Å². The fourth-order valence-electron chi connectivity index (χ4n) is 1.78. The topological polar surface area (TPSA) is 29.9 Å². The summed E-state index contributed by atoms with van der Waals surface area (Å²) in [5.41, 5.74) is 3.77. The van der Waals surface area contributed by atoms with Gasteiger partial charge in [0.1, 0.15) is 5.15 Å². The summed E-state index contributed by atoms with van der Waals surface area (Å²) in [4.78, 5) is 0. The average molecular weight is 260 g/mol. The van der Waals surface area contributed by atoms with Crippen LogP contribution in [0.15, 0.2) is 24.3 Å². The molecule has 2 rings (SSSR count). The Labute approximate surface area is 112 Å². The van der Waals surface area contributed by atoms with Crippen molar-refractivity contribution in [2.75, 3.05) is 5.32 Å². The van der Waals surface area contributed by atoms with Gasteiger partial charge in [0, 0.05) is 30.4 Å². The van der Waals surface area contributed by atoms with Gasteiger partial charge in [-0.25, -0.2) is 0 Å². The summed E-state index contributed by atoms with van der Waals surface area (Å²) in [7, 11) is 1.83. The molecule has 0 amide bonds. The molecule has 0 aliphatic rings. The molecule has 0 spiro atoms. The minimum atomic E-state index is 0.631. The van der Waals surface area contributed by atoms with Gasteiger partial charge in [0.05, 0.1) is 5.69 Å². The minimum Gasteiger partial charge on any atom is -0.381 e. The van der Waals surface area contributed by atoms with E-state index in [-0.39, 0.29) is 0 Å². The van der Waals surface area contributed by atoms with Crippen LogP contribution in [-0.2, 0) is 13.6 Å². The molecule has 0 atom stereocenters. The summed E-state index contributed by atoms with van der Waals surface area (Å²) in [6.07, 6.45) is 5.37. The number of terminal acetylenes is 1. The Balaban J connectivity index is 2.14. The maximum Gasteiger partial charge on any atom is 0.131 e. The van der Waals surface area contributed by atoms with E-state index in [1.54, 1.807) is 4.68 Å². The van der Waals surface area contributed by atoms with Crippen LogP contribution in [0.25, 0.3) is 0 Å². The van der Waals surface area contributed by atoms with Gasteiger partial charge in [-0.3, -0.25) is 4.68 Å². The van der Waals surface area contributed by atoms with Crippen LogP contribution < -0.4 is 5.32 Å². The van der Waals surface area contributed by atoms with Gasteiger partial charge in [0.15, 0.2) is 0 Å². The zero-order valence-corrected chi connectivity index (χ0v) is 11.1. The van der Waals surface area contributed by atoms with Crippen LogP contribution in [0.4, 0.5) is 5.69 Å². The molecule has 0 saturated heterocycles. The normalized spacial score (nSPS) is 10.1. The molecule has 1 aromatic carbocycles. The van der Waals surface area contributed by atoms with Gasteiger partial charge in [-0.15, -0.1) is 6.42 Å². The third kappa shape index (κ3) is 2.49. The number of aromatic nitrogens is 2. The maximum atomic E-state index is 6.17. The highest BCUT2D eigenvalue weighted by Gasteiger charge is 2.10. The fraction of sp³-hybridized carbons (Fsp3) is 0.214. The first-order valence-electron chi connectivity index (χ1n) is 5.60. The highest BCUT2D eigenvalue weighted by molar-refractivity contribution is 6.30. The van der Waals surface area contributed by atoms with Crippen LogP contribution in [0.1, 0.15) is 16.8 Å². The number of benzene rings is 1. The molecule has 0 bridgehead atoms. The molecule has 4 heteroatoms. The lowest BCUT2D eigenvalue weighted by Crippen LogP contribution is -2.00. The van der Waals surface area contributed by atoms with Gasteiger partial charge in [-0.2, -0.15) is 5.10 Å². The summed E-state index contributed by atoms with van der Waals surface area (Å²) in [5, 5.41) is 8.23. The van der Waals surface area contributed by atoms with Crippen molar-refractivity contribution in [3.8, 4) is 12.3 Å². The fourth-order valence-corrected chi connectivity index (χ4v) is 2.03. The molecule has 0 radical (unpaired) electrons. The summed E-state index contributed by atoms with van der Waals surface area (Å²) in [5.74, 6) is 2.61. The number of hydrogen-bond acceptors (Lipinski definition) is 2. The largest absolute Gasteiger partial charge is 0.381 e. The van der Waals surface area contributed by atoms with Gasteiger partial charge in [-0.05, 0) is 25.1 Å². The van der Waals surface area contributed by atoms with Crippen molar-refractivity contribution < 1.29 is 0 Å². The van der Waals surface area contributed by atoms with Gasteiger partial charge >= 0.3 is 0 Å². The molecule has 1 heterocycles. The van der Waals surface area contributed by atoms with Gasteiger partial charge in [0.2, 0.25) is 0 Å². The van der Waals surface area contributed by atoms with Crippen LogP contribution in [0.2, 0.25) is 5.15 Å². The Kier molecular flexibility index (Phi) is 3.59. The quantitative estimate of drug-likeness (QED) is 0.859. The molecular weight excluding hydrogens is 246 g/mol. The molecule has 0 unspecified atom stereocenters. The summed E-state index contributed by atoms with van der Waals surface area (Å²) < 4.78 is 1.67. The van der Waals surface area contributed by atoms with E-state index in [2.05, 4.69) is 16.3 Å². The number of rotatable bonds is 3. The number of halogens is 1. The lowest BCUT2D eigenvalue weighted by molar-refractivity contribution is 0.757. The molecule has 18 heavy (non-hydrogen) atoms. The van der Waals surface area contributed by atoms with E-state index in [1.165, 1.54) is 0 Å². The van der Waals surface area contributed by atoms with E-state index in [1.807, 2.05) is 38.2 Å². The molecule has 1 aromatic heterocycles. The summed E-state index contributed by atoms with van der Waals surface area (Å²) in [6.45, 7) is 2.58. The van der Waals surface area contributed by atoms with E-state index in [0.29, 0.717) is 11.7 Å². The molecule has 1 N–H and O–H groups in total. The molecule has 3 nitrogen and oxygen atoms in total. The predicted octanol–water partition coefficient (Wildman–Crippen LogP) is 2.98. The number of nitrogens with one attached hydrogen (secondary N) is 1. The van der Waals surface area contributed by atoms with Crippen LogP contribution in [-0.4, -0.2) is 9.78 Å². The van der Waals surface area contributed by atoms with Crippen molar-refractivity contribution in [3.05, 3.63) is 46.2 Å². The second-order valence-electron chi connectivity index (χ2n) is 4.06. The lowest BCUT2D eigenvalue weighted by Gasteiger charge is -2.06. The smallest absolute Gasteiger partial charge is 0.131 e. The number of anilines is 1. The minimum absolute atomic E-state index is 0.631. The van der Waals surface area contributed by atoms with Crippen molar-refractivity contribution >= 4 is 17.3 Å². The Bertz CT molecular complexity index is 608. The van der Waals surface area contributed by atoms with Gasteiger partial charge in [0.25, 0.3) is 0 Å². The van der Waals surface area contributed by atoms with E-state index in [0.717, 1.165) is 22.5 Å². The maximum absolute atomic E-state index is 6.17. The molecule has 92 valence electrons. The van der Waals surface area contributed by atoms with Crippen molar-refractivity contribution in [1.82, 2.24) is 9.78 Å². The van der Waals surface area contributed by atoms with Crippen LogP contribution >= 0.6 is 11.6 Å². The van der Waals surface area contributed by atoms with Crippen LogP contribution in [0, 0.1) is 19.3 Å². The first kappa shape index (κ1) is 12.5. The second kappa shape index (κ2) is 5.16. The molecule has 0 saturated carbocycles. The Hall–Kier alpha value is -1.92. The summed E-state index contributed by atoms with van der Waals surface area (Å²) in [6, 6.07) is 7.72. The van der Waals surface area contributed by atoms with Crippen molar-refractivity contribution in [2.45, 2.75) is 13.5 Å². The Morgan fingerprint density at radius 3 is 2.89 bits per heavy atom. The molecule has 0 fully saturated rings. The number of nitrogens with zero attached hydrogens (tertiary/aromatic N) is 2. The zero-order valence-electron chi connectivity index (χ0n) is 10.4. The predicted molar refractivity (Wildman–Crippen MR) is 74.7 cm³/mol. The zero-order chi connectivity index (χ0) is 13.1. The van der Waals surface area contributed by atoms with Crippen molar-refractivity contribution in [1.29, 1.82) is 0 Å². The molecule has 0 aliphatic carbocycles. The Morgan fingerprint density at radius 1 is 1.50 bits per heavy atom. The van der Waals surface area contributed by atoms with Crippen LogP contribution in [0.3, 0.4) is 0 Å². The standard InChI is InChI=1S/C14H14ClN3/c1-4-11-6-5-7-12(8-11)16-9-13-10(2)17-18(3)14(13)15/h1,5-8,16H,9H2,2-3H3. The SMILES string of the molecule is C#Cc1cccc(NCc2c(C)nn(C)c2Cl)c1. The Morgan fingerprint density at radius 2 is 2.28 bits per heavy atom. The second-order valence-corrected chi connectivity index (χ2v) is 4.42. The summed E-state index contributed by atoms with van der Waals surface area (Å²) >= 11 is 6.17. The van der Waals surface area contributed by atoms with E-state index in [9.17, 15) is 0 Å².